The van der Waals surface area contributed by atoms with Crippen LogP contribution in [0, 0.1) is 0 Å². The molecule has 1 amide bonds. The molecule has 2 N–H and O–H groups in total. The molecule has 0 fully saturated rings. The van der Waals surface area contributed by atoms with Gasteiger partial charge in [-0.2, -0.15) is 0 Å². The summed E-state index contributed by atoms with van der Waals surface area (Å²) in [5.41, 5.74) is 0.189. The second-order valence-corrected chi connectivity index (χ2v) is 6.23. The van der Waals surface area contributed by atoms with Gasteiger partial charge in [0, 0.05) is 16.4 Å². The quantitative estimate of drug-likeness (QED) is 0.654. The Labute approximate surface area is 152 Å². The highest BCUT2D eigenvalue weighted by Gasteiger charge is 2.22. The molecule has 0 radical (unpaired) electrons. The van der Waals surface area contributed by atoms with Gasteiger partial charge in [0.15, 0.2) is 0 Å². The minimum Gasteiger partial charge on any atom is -0.506 e. The lowest BCUT2D eigenvalue weighted by Crippen LogP contribution is -2.29. The van der Waals surface area contributed by atoms with Gasteiger partial charge in [0.05, 0.1) is 11.2 Å². The fraction of sp³-hybridized carbons (Fsp3) is 0.0526. The second kappa shape index (κ2) is 6.94. The number of carbonyl (C=O) groups is 1. The Bertz CT molecular complexity index is 1040. The smallest absolute Gasteiger partial charge is 0.268 e. The van der Waals surface area contributed by atoms with Crippen LogP contribution < -0.4 is 10.9 Å². The number of anilines is 1. The first-order valence-corrected chi connectivity index (χ1v) is 8.35. The van der Waals surface area contributed by atoms with Crippen LogP contribution in [0.25, 0.3) is 10.9 Å². The number of carbonyl (C=O) groups excluding carboxylic acids is 1. The van der Waals surface area contributed by atoms with E-state index in [1.165, 1.54) is 4.57 Å². The van der Waals surface area contributed by atoms with E-state index < -0.39 is 11.5 Å². The van der Waals surface area contributed by atoms with Crippen LogP contribution in [-0.4, -0.2) is 15.6 Å². The summed E-state index contributed by atoms with van der Waals surface area (Å²) in [6.45, 7) is 3.88. The number of halogens is 1. The van der Waals surface area contributed by atoms with Crippen LogP contribution in [0.5, 0.6) is 5.75 Å². The summed E-state index contributed by atoms with van der Waals surface area (Å²) in [4.78, 5) is 25.5. The first-order chi connectivity index (χ1) is 12.0. The van der Waals surface area contributed by atoms with Crippen LogP contribution in [0.3, 0.4) is 0 Å². The normalized spacial score (nSPS) is 10.6. The summed E-state index contributed by atoms with van der Waals surface area (Å²) in [7, 11) is 0. The third kappa shape index (κ3) is 3.08. The predicted molar refractivity (Wildman–Crippen MR) is 102 cm³/mol. The third-order valence-electron chi connectivity index (χ3n) is 3.81. The van der Waals surface area contributed by atoms with Crippen LogP contribution in [0.1, 0.15) is 10.4 Å². The number of aromatic hydroxyl groups is 1. The summed E-state index contributed by atoms with van der Waals surface area (Å²) in [5, 5.41) is 13.6. The monoisotopic (exact) mass is 398 g/mol. The molecular weight excluding hydrogens is 384 g/mol. The second-order valence-electron chi connectivity index (χ2n) is 5.38. The van der Waals surface area contributed by atoms with Crippen molar-refractivity contribution in [3.8, 4) is 5.75 Å². The van der Waals surface area contributed by atoms with Gasteiger partial charge in [-0.1, -0.05) is 30.3 Å². The standard InChI is InChI=1S/C19H15BrN2O3/c1-2-11-22-15-10-6-3-7-12(15)17(23)16(19(22)25)18(24)21-14-9-5-4-8-13(14)20/h2-10,23H,1,11H2,(H,21,24). The maximum absolute atomic E-state index is 12.8. The van der Waals surface area contributed by atoms with E-state index in [0.29, 0.717) is 21.1 Å². The molecule has 1 heterocycles. The number of aromatic nitrogens is 1. The lowest BCUT2D eigenvalue weighted by Gasteiger charge is -2.14. The Kier molecular flexibility index (Phi) is 4.72. The van der Waals surface area contributed by atoms with E-state index in [1.807, 2.05) is 6.07 Å². The molecular formula is C19H15BrN2O3. The number of amides is 1. The van der Waals surface area contributed by atoms with E-state index in [9.17, 15) is 14.7 Å². The van der Waals surface area contributed by atoms with Crippen molar-refractivity contribution in [2.24, 2.45) is 0 Å². The molecule has 0 saturated heterocycles. The molecule has 126 valence electrons. The van der Waals surface area contributed by atoms with Crippen molar-refractivity contribution in [2.75, 3.05) is 5.32 Å². The highest BCUT2D eigenvalue weighted by molar-refractivity contribution is 9.10. The number of rotatable bonds is 4. The number of hydrogen-bond acceptors (Lipinski definition) is 3. The van der Waals surface area contributed by atoms with Crippen molar-refractivity contribution < 1.29 is 9.90 Å². The maximum Gasteiger partial charge on any atom is 0.268 e. The Morgan fingerprint density at radius 1 is 1.20 bits per heavy atom. The summed E-state index contributed by atoms with van der Waals surface area (Å²) >= 11 is 3.34. The van der Waals surface area contributed by atoms with Gasteiger partial charge in [0.25, 0.3) is 11.5 Å². The molecule has 6 heteroatoms. The van der Waals surface area contributed by atoms with Gasteiger partial charge in [0.2, 0.25) is 0 Å². The Hall–Kier alpha value is -2.86. The number of benzene rings is 2. The molecule has 0 aliphatic heterocycles. The zero-order chi connectivity index (χ0) is 18.0. The highest BCUT2D eigenvalue weighted by Crippen LogP contribution is 2.28. The number of pyridine rings is 1. The van der Waals surface area contributed by atoms with E-state index >= 15 is 0 Å². The molecule has 0 bridgehead atoms. The van der Waals surface area contributed by atoms with Gasteiger partial charge in [-0.25, -0.2) is 0 Å². The Balaban J connectivity index is 2.19. The van der Waals surface area contributed by atoms with Gasteiger partial charge in [-0.3, -0.25) is 9.59 Å². The maximum atomic E-state index is 12.8. The molecule has 0 spiro atoms. The number of para-hydroxylation sites is 2. The van der Waals surface area contributed by atoms with E-state index in [0.717, 1.165) is 0 Å². The Morgan fingerprint density at radius 3 is 2.60 bits per heavy atom. The average Bonchev–Trinajstić information content (AvgIpc) is 2.61. The SMILES string of the molecule is C=CCn1c(=O)c(C(=O)Nc2ccccc2Br)c(O)c2ccccc21. The van der Waals surface area contributed by atoms with Crippen molar-refractivity contribution in [1.29, 1.82) is 0 Å². The minimum atomic E-state index is -0.669. The summed E-state index contributed by atoms with van der Waals surface area (Å²) < 4.78 is 2.09. The van der Waals surface area contributed by atoms with Crippen molar-refractivity contribution in [3.05, 3.63) is 81.6 Å². The predicted octanol–water partition coefficient (Wildman–Crippen LogP) is 3.91. The summed E-state index contributed by atoms with van der Waals surface area (Å²) in [6, 6.07) is 13.9. The molecule has 0 unspecified atom stereocenters. The zero-order valence-corrected chi connectivity index (χ0v) is 14.8. The molecule has 3 rings (SSSR count). The Morgan fingerprint density at radius 2 is 1.88 bits per heavy atom. The average molecular weight is 399 g/mol. The fourth-order valence-electron chi connectivity index (χ4n) is 2.65. The number of fused-ring (bicyclic) bond motifs is 1. The molecule has 1 aromatic heterocycles. The van der Waals surface area contributed by atoms with Crippen LogP contribution in [0.4, 0.5) is 5.69 Å². The highest BCUT2D eigenvalue weighted by atomic mass is 79.9. The van der Waals surface area contributed by atoms with E-state index in [2.05, 4.69) is 27.8 Å². The summed E-state index contributed by atoms with van der Waals surface area (Å²) in [6.07, 6.45) is 1.57. The minimum absolute atomic E-state index is 0.231. The molecule has 0 aliphatic carbocycles. The molecule has 5 nitrogen and oxygen atoms in total. The molecule has 0 saturated carbocycles. The molecule has 25 heavy (non-hydrogen) atoms. The van der Waals surface area contributed by atoms with Crippen LogP contribution >= 0.6 is 15.9 Å². The molecule has 0 aliphatic rings. The van der Waals surface area contributed by atoms with Gasteiger partial charge in [-0.15, -0.1) is 6.58 Å². The number of hydrogen-bond donors (Lipinski definition) is 2. The number of allylic oxidation sites excluding steroid dienone is 1. The fourth-order valence-corrected chi connectivity index (χ4v) is 3.04. The lowest BCUT2D eigenvalue weighted by molar-refractivity contribution is 0.102. The molecule has 2 aromatic carbocycles. The van der Waals surface area contributed by atoms with Crippen molar-refractivity contribution >= 4 is 38.4 Å². The first kappa shape index (κ1) is 17.0. The zero-order valence-electron chi connectivity index (χ0n) is 13.2. The third-order valence-corrected chi connectivity index (χ3v) is 4.50. The van der Waals surface area contributed by atoms with E-state index in [1.54, 1.807) is 48.5 Å². The van der Waals surface area contributed by atoms with Gasteiger partial charge < -0.3 is 15.0 Å². The van der Waals surface area contributed by atoms with Crippen LogP contribution in [0.15, 0.2) is 70.5 Å². The van der Waals surface area contributed by atoms with Crippen molar-refractivity contribution in [2.45, 2.75) is 6.54 Å². The van der Waals surface area contributed by atoms with E-state index in [4.69, 9.17) is 0 Å². The topological polar surface area (TPSA) is 71.3 Å². The van der Waals surface area contributed by atoms with E-state index in [-0.39, 0.29) is 17.9 Å². The first-order valence-electron chi connectivity index (χ1n) is 7.56. The van der Waals surface area contributed by atoms with Crippen molar-refractivity contribution in [1.82, 2.24) is 4.57 Å². The van der Waals surface area contributed by atoms with Gasteiger partial charge in [0.1, 0.15) is 11.3 Å². The van der Waals surface area contributed by atoms with Crippen LogP contribution in [-0.2, 0) is 6.54 Å². The number of nitrogens with zero attached hydrogens (tertiary/aromatic N) is 1. The molecule has 0 atom stereocenters. The largest absolute Gasteiger partial charge is 0.506 e. The van der Waals surface area contributed by atoms with Gasteiger partial charge in [-0.05, 0) is 40.2 Å². The van der Waals surface area contributed by atoms with Gasteiger partial charge >= 0.3 is 0 Å². The van der Waals surface area contributed by atoms with Crippen LogP contribution in [0.2, 0.25) is 0 Å². The summed E-state index contributed by atoms with van der Waals surface area (Å²) in [5.74, 6) is -0.997. The van der Waals surface area contributed by atoms with Crippen molar-refractivity contribution in [3.63, 3.8) is 0 Å². The lowest BCUT2D eigenvalue weighted by atomic mass is 10.1. The number of nitrogens with one attached hydrogen (secondary N) is 1. The molecule has 3 aromatic rings.